The number of aromatic nitrogens is 1. The normalized spacial score (nSPS) is 14.7. The molecule has 0 atom stereocenters. The molecule has 0 bridgehead atoms. The average Bonchev–Trinajstić information content (AvgIpc) is 2.95. The highest BCUT2D eigenvalue weighted by atomic mass is 16.2. The zero-order chi connectivity index (χ0) is 21.1. The van der Waals surface area contributed by atoms with E-state index in [9.17, 15) is 4.79 Å². The number of benzene rings is 2. The van der Waals surface area contributed by atoms with Crippen LogP contribution < -0.4 is 4.90 Å². The molecule has 30 heavy (non-hydrogen) atoms. The Bertz CT molecular complexity index is 1070. The molecule has 1 amide bonds. The molecule has 5 heteroatoms. The van der Waals surface area contributed by atoms with Crippen molar-refractivity contribution in [3.05, 3.63) is 65.9 Å². The standard InChI is InChI=1S/C25H28N4O/c1-19(2)17-29-18-23(22-6-3-4-7-24(22)29)25(30)28-13-5-12-27(14-15-28)21-10-8-20(16-26)9-11-21/h3-4,6-11,18-19H,5,12-15,17H2,1-2H3. The van der Waals surface area contributed by atoms with Gasteiger partial charge < -0.3 is 14.4 Å². The number of hydrogen-bond donors (Lipinski definition) is 0. The van der Waals surface area contributed by atoms with Gasteiger partial charge in [-0.2, -0.15) is 5.26 Å². The van der Waals surface area contributed by atoms with Crippen LogP contribution in [-0.4, -0.2) is 41.6 Å². The van der Waals surface area contributed by atoms with E-state index in [1.807, 2.05) is 47.5 Å². The monoisotopic (exact) mass is 400 g/mol. The highest BCUT2D eigenvalue weighted by Crippen LogP contribution is 2.25. The molecule has 1 saturated heterocycles. The maximum atomic E-state index is 13.5. The lowest BCUT2D eigenvalue weighted by Crippen LogP contribution is -2.35. The van der Waals surface area contributed by atoms with E-state index in [2.05, 4.69) is 41.5 Å². The van der Waals surface area contributed by atoms with Crippen molar-refractivity contribution < 1.29 is 4.79 Å². The quantitative estimate of drug-likeness (QED) is 0.647. The smallest absolute Gasteiger partial charge is 0.256 e. The first kappa shape index (κ1) is 20.0. The van der Waals surface area contributed by atoms with Gasteiger partial charge in [0.2, 0.25) is 0 Å². The predicted molar refractivity (Wildman–Crippen MR) is 121 cm³/mol. The van der Waals surface area contributed by atoms with Gasteiger partial charge in [-0.15, -0.1) is 0 Å². The van der Waals surface area contributed by atoms with Crippen molar-refractivity contribution >= 4 is 22.5 Å². The third-order valence-electron chi connectivity index (χ3n) is 5.73. The fraction of sp³-hybridized carbons (Fsp3) is 0.360. The second-order valence-electron chi connectivity index (χ2n) is 8.40. The first-order chi connectivity index (χ1) is 14.6. The molecule has 154 valence electrons. The van der Waals surface area contributed by atoms with Gasteiger partial charge in [0.1, 0.15) is 0 Å². The first-order valence-corrected chi connectivity index (χ1v) is 10.7. The van der Waals surface area contributed by atoms with Gasteiger partial charge in [0.15, 0.2) is 0 Å². The molecule has 1 aromatic heterocycles. The van der Waals surface area contributed by atoms with Crippen molar-refractivity contribution in [3.8, 4) is 6.07 Å². The minimum absolute atomic E-state index is 0.121. The number of anilines is 1. The van der Waals surface area contributed by atoms with Crippen LogP contribution in [-0.2, 0) is 6.54 Å². The third kappa shape index (κ3) is 4.04. The summed E-state index contributed by atoms with van der Waals surface area (Å²) in [5.41, 5.74) is 3.71. The van der Waals surface area contributed by atoms with E-state index in [1.165, 1.54) is 0 Å². The molecular weight excluding hydrogens is 372 g/mol. The molecule has 3 aromatic rings. The van der Waals surface area contributed by atoms with Crippen LogP contribution in [0, 0.1) is 17.2 Å². The summed E-state index contributed by atoms with van der Waals surface area (Å²) in [6.45, 7) is 8.46. The summed E-state index contributed by atoms with van der Waals surface area (Å²) in [6, 6.07) is 18.1. The van der Waals surface area contributed by atoms with Crippen LogP contribution in [0.3, 0.4) is 0 Å². The highest BCUT2D eigenvalue weighted by Gasteiger charge is 2.23. The van der Waals surface area contributed by atoms with Crippen LogP contribution in [0.15, 0.2) is 54.7 Å². The Morgan fingerprint density at radius 2 is 1.80 bits per heavy atom. The van der Waals surface area contributed by atoms with Gasteiger partial charge in [-0.3, -0.25) is 4.79 Å². The van der Waals surface area contributed by atoms with Crippen LogP contribution in [0.4, 0.5) is 5.69 Å². The van der Waals surface area contributed by atoms with Crippen molar-refractivity contribution in [3.63, 3.8) is 0 Å². The number of para-hydroxylation sites is 1. The molecular formula is C25H28N4O. The molecule has 1 aliphatic heterocycles. The second-order valence-corrected chi connectivity index (χ2v) is 8.40. The lowest BCUT2D eigenvalue weighted by atomic mass is 10.1. The minimum Gasteiger partial charge on any atom is -0.370 e. The molecule has 0 N–H and O–H groups in total. The van der Waals surface area contributed by atoms with E-state index < -0.39 is 0 Å². The minimum atomic E-state index is 0.121. The summed E-state index contributed by atoms with van der Waals surface area (Å²) >= 11 is 0. The number of nitrogens with zero attached hydrogens (tertiary/aromatic N) is 4. The van der Waals surface area contributed by atoms with Gasteiger partial charge in [-0.05, 0) is 42.7 Å². The molecule has 0 aliphatic carbocycles. The van der Waals surface area contributed by atoms with E-state index in [0.29, 0.717) is 18.0 Å². The van der Waals surface area contributed by atoms with E-state index in [1.54, 1.807) is 0 Å². The van der Waals surface area contributed by atoms with Gasteiger partial charge in [0, 0.05) is 55.5 Å². The fourth-order valence-electron chi connectivity index (χ4n) is 4.26. The predicted octanol–water partition coefficient (Wildman–Crippen LogP) is 4.52. The Balaban J connectivity index is 1.53. The van der Waals surface area contributed by atoms with Crippen molar-refractivity contribution in [1.82, 2.24) is 9.47 Å². The maximum Gasteiger partial charge on any atom is 0.256 e. The number of carbonyl (C=O) groups is 1. The zero-order valence-electron chi connectivity index (χ0n) is 17.7. The number of rotatable bonds is 4. The molecule has 0 unspecified atom stereocenters. The van der Waals surface area contributed by atoms with Gasteiger partial charge in [-0.1, -0.05) is 32.0 Å². The Kier molecular flexibility index (Phi) is 5.76. The van der Waals surface area contributed by atoms with Gasteiger partial charge in [0.05, 0.1) is 17.2 Å². The fourth-order valence-corrected chi connectivity index (χ4v) is 4.26. The van der Waals surface area contributed by atoms with E-state index >= 15 is 0 Å². The number of fused-ring (bicyclic) bond motifs is 1. The lowest BCUT2D eigenvalue weighted by molar-refractivity contribution is 0.0768. The van der Waals surface area contributed by atoms with Crippen molar-refractivity contribution in [2.24, 2.45) is 5.92 Å². The topological polar surface area (TPSA) is 52.3 Å². The number of hydrogen-bond acceptors (Lipinski definition) is 3. The molecule has 2 heterocycles. The van der Waals surface area contributed by atoms with Crippen LogP contribution in [0.1, 0.15) is 36.2 Å². The van der Waals surface area contributed by atoms with Crippen molar-refractivity contribution in [2.75, 3.05) is 31.1 Å². The number of amides is 1. The zero-order valence-corrected chi connectivity index (χ0v) is 17.7. The molecule has 2 aromatic carbocycles. The third-order valence-corrected chi connectivity index (χ3v) is 5.73. The molecule has 1 fully saturated rings. The molecule has 4 rings (SSSR count). The highest BCUT2D eigenvalue weighted by molar-refractivity contribution is 6.07. The molecule has 0 spiro atoms. The summed E-state index contributed by atoms with van der Waals surface area (Å²) in [4.78, 5) is 17.7. The summed E-state index contributed by atoms with van der Waals surface area (Å²) in [6.07, 6.45) is 2.96. The van der Waals surface area contributed by atoms with Gasteiger partial charge in [-0.25, -0.2) is 0 Å². The second kappa shape index (κ2) is 8.62. The SMILES string of the molecule is CC(C)Cn1cc(C(=O)N2CCCN(c3ccc(C#N)cc3)CC2)c2ccccc21. The van der Waals surface area contributed by atoms with E-state index in [0.717, 1.165) is 54.8 Å². The Morgan fingerprint density at radius 1 is 1.03 bits per heavy atom. The average molecular weight is 401 g/mol. The molecule has 1 aliphatic rings. The maximum absolute atomic E-state index is 13.5. The Labute approximate surface area is 178 Å². The largest absolute Gasteiger partial charge is 0.370 e. The van der Waals surface area contributed by atoms with Crippen molar-refractivity contribution in [2.45, 2.75) is 26.8 Å². The summed E-state index contributed by atoms with van der Waals surface area (Å²) in [7, 11) is 0. The Morgan fingerprint density at radius 3 is 2.53 bits per heavy atom. The molecule has 5 nitrogen and oxygen atoms in total. The first-order valence-electron chi connectivity index (χ1n) is 10.7. The molecule has 0 radical (unpaired) electrons. The van der Waals surface area contributed by atoms with Gasteiger partial charge in [0.25, 0.3) is 5.91 Å². The summed E-state index contributed by atoms with van der Waals surface area (Å²) in [5.74, 6) is 0.637. The summed E-state index contributed by atoms with van der Waals surface area (Å²) in [5, 5.41) is 10.0. The van der Waals surface area contributed by atoms with Crippen molar-refractivity contribution in [1.29, 1.82) is 5.26 Å². The number of nitriles is 1. The number of carbonyl (C=O) groups excluding carboxylic acids is 1. The van der Waals surface area contributed by atoms with Crippen LogP contribution in [0.2, 0.25) is 0 Å². The Hall–Kier alpha value is -3.26. The van der Waals surface area contributed by atoms with Crippen LogP contribution in [0.5, 0.6) is 0 Å². The van der Waals surface area contributed by atoms with Gasteiger partial charge >= 0.3 is 0 Å². The van der Waals surface area contributed by atoms with E-state index in [-0.39, 0.29) is 5.91 Å². The van der Waals surface area contributed by atoms with Crippen LogP contribution in [0.25, 0.3) is 10.9 Å². The van der Waals surface area contributed by atoms with Crippen LogP contribution >= 0.6 is 0 Å². The van der Waals surface area contributed by atoms with E-state index in [4.69, 9.17) is 5.26 Å². The summed E-state index contributed by atoms with van der Waals surface area (Å²) < 4.78 is 2.22. The molecule has 0 saturated carbocycles. The lowest BCUT2D eigenvalue weighted by Gasteiger charge is -2.23.